The van der Waals surface area contributed by atoms with Crippen LogP contribution in [0.2, 0.25) is 10.0 Å². The van der Waals surface area contributed by atoms with Crippen molar-refractivity contribution in [2.45, 2.75) is 41.5 Å². The Bertz CT molecular complexity index is 1040. The Kier molecular flexibility index (Phi) is 16.7. The number of aromatic nitrogens is 1. The first-order valence-corrected chi connectivity index (χ1v) is 10.3. The van der Waals surface area contributed by atoms with Crippen molar-refractivity contribution < 1.29 is 41.9 Å². The quantitative estimate of drug-likeness (QED) is 0.272. The second kappa shape index (κ2) is 16.3. The third-order valence-corrected chi connectivity index (χ3v) is 4.94. The monoisotopic (exact) mass is 564 g/mol. The summed E-state index contributed by atoms with van der Waals surface area (Å²) < 4.78 is 0. The number of aliphatic imine (C=N–C) groups is 2. The van der Waals surface area contributed by atoms with Crippen LogP contribution in [0.1, 0.15) is 41.7 Å². The van der Waals surface area contributed by atoms with Gasteiger partial charge in [0.25, 0.3) is 0 Å². The van der Waals surface area contributed by atoms with Crippen molar-refractivity contribution in [1.82, 2.24) is 4.98 Å². The van der Waals surface area contributed by atoms with E-state index in [0.29, 0.717) is 10.0 Å². The fraction of sp³-hybridized carbons (Fsp3) is 0.240. The van der Waals surface area contributed by atoms with Crippen LogP contribution in [0.5, 0.6) is 0 Å². The van der Waals surface area contributed by atoms with Crippen LogP contribution in [0.25, 0.3) is 0 Å². The second-order valence-electron chi connectivity index (χ2n) is 7.07. The third-order valence-electron chi connectivity index (χ3n) is 4.44. The molecule has 3 nitrogen and oxygen atoms in total. The van der Waals surface area contributed by atoms with Crippen molar-refractivity contribution in [2.75, 3.05) is 0 Å². The molecule has 0 aliphatic rings. The molecule has 0 atom stereocenters. The molecule has 2 aromatic carbocycles. The van der Waals surface area contributed by atoms with E-state index in [9.17, 15) is 0 Å². The van der Waals surface area contributed by atoms with E-state index >= 15 is 0 Å². The van der Waals surface area contributed by atoms with Gasteiger partial charge in [-0.25, -0.2) is 0 Å². The molecule has 0 spiro atoms. The van der Waals surface area contributed by atoms with Crippen molar-refractivity contribution in [2.24, 2.45) is 9.98 Å². The van der Waals surface area contributed by atoms with E-state index in [0.717, 1.165) is 28.2 Å². The van der Waals surface area contributed by atoms with Gasteiger partial charge in [0.15, 0.2) is 0 Å². The average molecular weight is 566 g/mol. The molecule has 0 aliphatic carbocycles. The average Bonchev–Trinajstić information content (AvgIpc) is 2.68. The van der Waals surface area contributed by atoms with Crippen LogP contribution in [0.4, 0.5) is 11.4 Å². The maximum Gasteiger partial charge on any atom is 3.00 e. The summed E-state index contributed by atoms with van der Waals surface area (Å²) in [6.07, 6.45) is 6.32. The number of halogens is 4. The zero-order chi connectivity index (χ0) is 22.3. The molecule has 0 N–H and O–H groups in total. The smallest absolute Gasteiger partial charge is 1.00 e. The van der Waals surface area contributed by atoms with Crippen molar-refractivity contribution in [1.29, 1.82) is 0 Å². The first kappa shape index (κ1) is 33.8. The minimum Gasteiger partial charge on any atom is -1.00 e. The molecule has 3 rings (SSSR count). The molecule has 0 aliphatic heterocycles. The van der Waals surface area contributed by atoms with Crippen molar-refractivity contribution >= 4 is 46.5 Å². The molecule has 177 valence electrons. The Labute approximate surface area is 230 Å². The molecule has 0 saturated carbocycles. The Morgan fingerprint density at radius 3 is 1.97 bits per heavy atom. The van der Waals surface area contributed by atoms with Gasteiger partial charge in [-0.15, -0.1) is 18.1 Å². The molecule has 8 heteroatoms. The molecule has 3 aromatic rings. The minimum atomic E-state index is 0. The Morgan fingerprint density at radius 1 is 0.909 bits per heavy atom. The topological polar surface area (TPSA) is 37.6 Å². The first-order valence-electron chi connectivity index (χ1n) is 9.59. The zero-order valence-corrected chi connectivity index (χ0v) is 23.5. The molecule has 0 bridgehead atoms. The standard InChI is InChI=1S/C14H12Cl2N2.C11H14N.2ClH.Fe/c1-9-6-12(15)7-13(16)14(9)18-10(2)11-4-3-5-17-8-11;1-5-12-11-9(3)6-8(2)7-10(11)4;;;/h3-8H,1-2H3;6-7H,1-4H3;2*1H;/q;-1;;;+3/p-2. The van der Waals surface area contributed by atoms with Crippen molar-refractivity contribution in [3.63, 3.8) is 0 Å². The van der Waals surface area contributed by atoms with Gasteiger partial charge in [0.1, 0.15) is 0 Å². The second-order valence-corrected chi connectivity index (χ2v) is 7.92. The zero-order valence-electron chi connectivity index (χ0n) is 19.3. The van der Waals surface area contributed by atoms with Gasteiger partial charge in [-0.3, -0.25) is 9.98 Å². The normalized spacial score (nSPS) is 10.4. The molecule has 0 amide bonds. The summed E-state index contributed by atoms with van der Waals surface area (Å²) in [6, 6.07) is 11.7. The number of benzene rings is 2. The van der Waals surface area contributed by atoms with Gasteiger partial charge in [-0.2, -0.15) is 6.21 Å². The summed E-state index contributed by atoms with van der Waals surface area (Å²) in [5.74, 6) is 0. The third kappa shape index (κ3) is 10.2. The summed E-state index contributed by atoms with van der Waals surface area (Å²) in [5, 5.41) is 1.18. The van der Waals surface area contributed by atoms with E-state index in [1.807, 2.05) is 39.0 Å². The number of nitrogens with zero attached hydrogens (tertiary/aromatic N) is 3. The molecule has 1 aromatic heterocycles. The molecule has 0 fully saturated rings. The van der Waals surface area contributed by atoms with Gasteiger partial charge in [0.2, 0.25) is 0 Å². The predicted octanol–water partition coefficient (Wildman–Crippen LogP) is 2.05. The Morgan fingerprint density at radius 2 is 1.48 bits per heavy atom. The van der Waals surface area contributed by atoms with Crippen LogP contribution >= 0.6 is 23.2 Å². The molecule has 0 unspecified atom stereocenters. The van der Waals surface area contributed by atoms with E-state index in [1.165, 1.54) is 16.7 Å². The van der Waals surface area contributed by atoms with Crippen molar-refractivity contribution in [3.8, 4) is 0 Å². The fourth-order valence-electron chi connectivity index (χ4n) is 3.11. The SMILES string of the molecule is CC(=Nc1c(C)cc(Cl)cc1Cl)c1cccnc1.C[C-]=Nc1c(C)cc(C)cc1C.[Cl-].[Cl-].[Fe+3]. The van der Waals surface area contributed by atoms with Crippen LogP contribution in [0.3, 0.4) is 0 Å². The fourth-order valence-corrected chi connectivity index (χ4v) is 3.74. The summed E-state index contributed by atoms with van der Waals surface area (Å²) in [4.78, 5) is 12.8. The van der Waals surface area contributed by atoms with E-state index in [4.69, 9.17) is 23.2 Å². The number of pyridine rings is 1. The van der Waals surface area contributed by atoms with Gasteiger partial charge in [-0.1, -0.05) is 66.5 Å². The van der Waals surface area contributed by atoms with Gasteiger partial charge in [0, 0.05) is 28.7 Å². The van der Waals surface area contributed by atoms with Crippen LogP contribution in [-0.4, -0.2) is 16.9 Å². The predicted molar refractivity (Wildman–Crippen MR) is 131 cm³/mol. The Balaban J connectivity index is 0. The van der Waals surface area contributed by atoms with E-state index in [-0.39, 0.29) is 41.9 Å². The maximum absolute atomic E-state index is 6.16. The van der Waals surface area contributed by atoms with Gasteiger partial charge < -0.3 is 29.8 Å². The molecule has 1 heterocycles. The van der Waals surface area contributed by atoms with Crippen LogP contribution < -0.4 is 24.8 Å². The van der Waals surface area contributed by atoms with Gasteiger partial charge in [0.05, 0.1) is 10.7 Å². The van der Waals surface area contributed by atoms with E-state index in [2.05, 4.69) is 54.1 Å². The Hall–Kier alpha value is -1.39. The first-order chi connectivity index (χ1) is 14.2. The van der Waals surface area contributed by atoms with Crippen molar-refractivity contribution in [3.05, 3.63) is 86.7 Å². The van der Waals surface area contributed by atoms with Crippen LogP contribution in [0.15, 0.2) is 58.8 Å². The molecular formula is C25H26Cl4FeN3. The summed E-state index contributed by atoms with van der Waals surface area (Å²) in [5.41, 5.74) is 8.35. The van der Waals surface area contributed by atoms with Crippen LogP contribution in [0, 0.1) is 27.7 Å². The number of aryl methyl sites for hydroxylation is 4. The van der Waals surface area contributed by atoms with E-state index < -0.39 is 0 Å². The largest absolute Gasteiger partial charge is 3.00 e. The minimum absolute atomic E-state index is 0. The van der Waals surface area contributed by atoms with Gasteiger partial charge >= 0.3 is 17.1 Å². The number of hydrogen-bond donors (Lipinski definition) is 0. The number of hydrogen-bond acceptors (Lipinski definition) is 3. The maximum atomic E-state index is 6.16. The van der Waals surface area contributed by atoms with E-state index in [1.54, 1.807) is 18.5 Å². The van der Waals surface area contributed by atoms with Crippen LogP contribution in [-0.2, 0) is 17.1 Å². The summed E-state index contributed by atoms with van der Waals surface area (Å²) in [6.45, 7) is 11.9. The molecule has 0 saturated heterocycles. The molecule has 33 heavy (non-hydrogen) atoms. The molecule has 1 radical (unpaired) electrons. The summed E-state index contributed by atoms with van der Waals surface area (Å²) >= 11 is 12.1. The summed E-state index contributed by atoms with van der Waals surface area (Å²) in [7, 11) is 0. The van der Waals surface area contributed by atoms with Gasteiger partial charge in [-0.05, 0) is 44.5 Å². The number of rotatable bonds is 3. The molecular weight excluding hydrogens is 540 g/mol.